The van der Waals surface area contributed by atoms with Gasteiger partial charge in [-0.1, -0.05) is 0 Å². The van der Waals surface area contributed by atoms with E-state index in [2.05, 4.69) is 5.32 Å². The number of aryl methyl sites for hydroxylation is 2. The number of carbonyl (C=O) groups is 2. The van der Waals surface area contributed by atoms with E-state index >= 15 is 0 Å². The van der Waals surface area contributed by atoms with Crippen LogP contribution >= 0.6 is 0 Å². The van der Waals surface area contributed by atoms with Gasteiger partial charge < -0.3 is 14.5 Å². The molecule has 124 valence electrons. The van der Waals surface area contributed by atoms with Gasteiger partial charge in [0, 0.05) is 11.3 Å². The predicted octanol–water partition coefficient (Wildman–Crippen LogP) is 3.26. The molecule has 1 heterocycles. The lowest BCUT2D eigenvalue weighted by Gasteiger charge is -2.13. The van der Waals surface area contributed by atoms with E-state index in [1.807, 2.05) is 6.07 Å². The first-order valence-electron chi connectivity index (χ1n) is 7.42. The second-order valence-electron chi connectivity index (χ2n) is 5.44. The smallest absolute Gasteiger partial charge is 0.342 e. The van der Waals surface area contributed by atoms with E-state index < -0.39 is 18.0 Å². The van der Waals surface area contributed by atoms with Gasteiger partial charge >= 0.3 is 5.97 Å². The largest absolute Gasteiger partial charge is 0.465 e. The summed E-state index contributed by atoms with van der Waals surface area (Å²) in [5.74, 6) is 0.0664. The molecule has 0 bridgehead atoms. The lowest BCUT2D eigenvalue weighted by atomic mass is 10.1. The molecule has 0 aliphatic heterocycles. The Morgan fingerprint density at radius 2 is 1.79 bits per heavy atom. The van der Waals surface area contributed by atoms with E-state index in [9.17, 15) is 9.59 Å². The van der Waals surface area contributed by atoms with Gasteiger partial charge in [0.05, 0.1) is 11.6 Å². The molecular weight excluding hydrogens is 308 g/mol. The zero-order valence-corrected chi connectivity index (χ0v) is 14.0. The SMILES string of the molecule is Cc1oc(C)c(C(=O)O[C@H](C)C(=O)Nc2ccc(C#N)cc2)c1C. The normalized spacial score (nSPS) is 11.5. The number of hydrogen-bond donors (Lipinski definition) is 1. The third-order valence-corrected chi connectivity index (χ3v) is 3.70. The number of anilines is 1. The van der Waals surface area contributed by atoms with Crippen LogP contribution in [-0.4, -0.2) is 18.0 Å². The molecule has 1 atom stereocenters. The fraction of sp³-hybridized carbons (Fsp3) is 0.278. The molecule has 0 fully saturated rings. The third kappa shape index (κ3) is 3.63. The van der Waals surface area contributed by atoms with Gasteiger partial charge in [0.25, 0.3) is 5.91 Å². The van der Waals surface area contributed by atoms with Gasteiger partial charge in [-0.25, -0.2) is 4.79 Å². The van der Waals surface area contributed by atoms with Crippen molar-refractivity contribution in [3.05, 3.63) is 52.5 Å². The van der Waals surface area contributed by atoms with Crippen LogP contribution in [0.1, 0.15) is 39.9 Å². The monoisotopic (exact) mass is 326 g/mol. The van der Waals surface area contributed by atoms with E-state index in [0.29, 0.717) is 33.9 Å². The van der Waals surface area contributed by atoms with Crippen LogP contribution in [0.25, 0.3) is 0 Å². The molecule has 1 amide bonds. The van der Waals surface area contributed by atoms with Gasteiger partial charge in [0.2, 0.25) is 0 Å². The highest BCUT2D eigenvalue weighted by Crippen LogP contribution is 2.22. The summed E-state index contributed by atoms with van der Waals surface area (Å²) >= 11 is 0. The number of rotatable bonds is 4. The number of benzene rings is 1. The van der Waals surface area contributed by atoms with Gasteiger partial charge in [-0.15, -0.1) is 0 Å². The summed E-state index contributed by atoms with van der Waals surface area (Å²) in [7, 11) is 0. The number of amides is 1. The van der Waals surface area contributed by atoms with Crippen molar-refractivity contribution in [3.8, 4) is 6.07 Å². The van der Waals surface area contributed by atoms with Crippen molar-refractivity contribution >= 4 is 17.6 Å². The van der Waals surface area contributed by atoms with E-state index in [4.69, 9.17) is 14.4 Å². The van der Waals surface area contributed by atoms with Crippen molar-refractivity contribution < 1.29 is 18.7 Å². The predicted molar refractivity (Wildman–Crippen MR) is 87.6 cm³/mol. The average Bonchev–Trinajstić information content (AvgIpc) is 2.80. The number of nitrogens with one attached hydrogen (secondary N) is 1. The van der Waals surface area contributed by atoms with Crippen molar-refractivity contribution in [1.29, 1.82) is 5.26 Å². The molecule has 6 heteroatoms. The minimum Gasteiger partial charge on any atom is -0.465 e. The summed E-state index contributed by atoms with van der Waals surface area (Å²) in [6, 6.07) is 8.40. The van der Waals surface area contributed by atoms with Crippen LogP contribution in [0, 0.1) is 32.1 Å². The number of hydrogen-bond acceptors (Lipinski definition) is 5. The summed E-state index contributed by atoms with van der Waals surface area (Å²) in [5.41, 5.74) is 2.07. The number of carbonyl (C=O) groups excluding carboxylic acids is 2. The van der Waals surface area contributed by atoms with Crippen molar-refractivity contribution in [2.75, 3.05) is 5.32 Å². The van der Waals surface area contributed by atoms with Gasteiger partial charge in [-0.3, -0.25) is 4.79 Å². The van der Waals surface area contributed by atoms with Crippen molar-refractivity contribution in [2.45, 2.75) is 33.8 Å². The van der Waals surface area contributed by atoms with E-state index in [1.165, 1.54) is 6.92 Å². The lowest BCUT2D eigenvalue weighted by molar-refractivity contribution is -0.123. The third-order valence-electron chi connectivity index (χ3n) is 3.70. The van der Waals surface area contributed by atoms with Crippen molar-refractivity contribution in [1.82, 2.24) is 0 Å². The van der Waals surface area contributed by atoms with Crippen LogP contribution in [-0.2, 0) is 9.53 Å². The highest BCUT2D eigenvalue weighted by molar-refractivity contribution is 5.98. The molecule has 2 aromatic rings. The first kappa shape index (κ1) is 17.3. The van der Waals surface area contributed by atoms with Crippen molar-refractivity contribution in [3.63, 3.8) is 0 Å². The molecule has 24 heavy (non-hydrogen) atoms. The number of furan rings is 1. The zero-order chi connectivity index (χ0) is 17.9. The molecule has 1 aromatic heterocycles. The Morgan fingerprint density at radius 3 is 2.29 bits per heavy atom. The van der Waals surface area contributed by atoms with Crippen LogP contribution in [0.15, 0.2) is 28.7 Å². The second-order valence-corrected chi connectivity index (χ2v) is 5.44. The highest BCUT2D eigenvalue weighted by atomic mass is 16.5. The Bertz CT molecular complexity index is 813. The van der Waals surface area contributed by atoms with Gasteiger partial charge in [0.15, 0.2) is 6.10 Å². The molecular formula is C18H18N2O4. The molecule has 0 spiro atoms. The summed E-state index contributed by atoms with van der Waals surface area (Å²) in [6.45, 7) is 6.70. The fourth-order valence-corrected chi connectivity index (χ4v) is 2.24. The fourth-order valence-electron chi connectivity index (χ4n) is 2.24. The number of esters is 1. The van der Waals surface area contributed by atoms with Crippen LogP contribution in [0.4, 0.5) is 5.69 Å². The minimum absolute atomic E-state index is 0.352. The van der Waals surface area contributed by atoms with E-state index in [0.717, 1.165) is 0 Å². The maximum absolute atomic E-state index is 12.3. The van der Waals surface area contributed by atoms with Crippen LogP contribution < -0.4 is 5.32 Å². The summed E-state index contributed by atoms with van der Waals surface area (Å²) in [5, 5.41) is 11.4. The molecule has 0 unspecified atom stereocenters. The quantitative estimate of drug-likeness (QED) is 0.871. The molecule has 0 radical (unpaired) electrons. The molecule has 0 saturated carbocycles. The first-order valence-corrected chi connectivity index (χ1v) is 7.42. The highest BCUT2D eigenvalue weighted by Gasteiger charge is 2.24. The standard InChI is InChI=1S/C18H18N2O4/c1-10-11(2)23-12(3)16(10)18(22)24-13(4)17(21)20-15-7-5-14(9-19)6-8-15/h5-8,13H,1-4H3,(H,20,21)/t13-/m1/s1. The van der Waals surface area contributed by atoms with Crippen LogP contribution in [0.5, 0.6) is 0 Å². The number of nitriles is 1. The van der Waals surface area contributed by atoms with Gasteiger partial charge in [0.1, 0.15) is 17.1 Å². The van der Waals surface area contributed by atoms with E-state index in [1.54, 1.807) is 45.0 Å². The molecule has 0 saturated heterocycles. The molecule has 1 N–H and O–H groups in total. The lowest BCUT2D eigenvalue weighted by Crippen LogP contribution is -2.30. The molecule has 6 nitrogen and oxygen atoms in total. The molecule has 0 aliphatic rings. The first-order chi connectivity index (χ1) is 11.3. The zero-order valence-electron chi connectivity index (χ0n) is 14.0. The average molecular weight is 326 g/mol. The summed E-state index contributed by atoms with van der Waals surface area (Å²) in [6.07, 6.45) is -0.970. The number of nitrogens with zero attached hydrogens (tertiary/aromatic N) is 1. The molecule has 2 rings (SSSR count). The Balaban J connectivity index is 2.03. The Hall–Kier alpha value is -3.07. The van der Waals surface area contributed by atoms with Gasteiger partial charge in [-0.05, 0) is 52.0 Å². The van der Waals surface area contributed by atoms with Crippen molar-refractivity contribution in [2.24, 2.45) is 0 Å². The maximum atomic E-state index is 12.3. The summed E-state index contributed by atoms with van der Waals surface area (Å²) < 4.78 is 10.6. The molecule has 1 aromatic carbocycles. The Morgan fingerprint density at radius 1 is 1.17 bits per heavy atom. The molecule has 0 aliphatic carbocycles. The van der Waals surface area contributed by atoms with Crippen LogP contribution in [0.3, 0.4) is 0 Å². The minimum atomic E-state index is -0.970. The maximum Gasteiger partial charge on any atom is 0.342 e. The Kier molecular flexibility index (Phi) is 5.05. The van der Waals surface area contributed by atoms with Gasteiger partial charge in [-0.2, -0.15) is 5.26 Å². The Labute approximate surface area is 140 Å². The van der Waals surface area contributed by atoms with Crippen LogP contribution in [0.2, 0.25) is 0 Å². The topological polar surface area (TPSA) is 92.3 Å². The summed E-state index contributed by atoms with van der Waals surface area (Å²) in [4.78, 5) is 24.4. The number of ether oxygens (including phenoxy) is 1. The second kappa shape index (κ2) is 7.01. The van der Waals surface area contributed by atoms with E-state index in [-0.39, 0.29) is 0 Å².